The second-order valence-corrected chi connectivity index (χ2v) is 2.52. The van der Waals surface area contributed by atoms with Gasteiger partial charge < -0.3 is 0 Å². The lowest BCUT2D eigenvalue weighted by molar-refractivity contribution is 0.916. The largest absolute Gasteiger partial charge is 0.243 e. The number of hydrogen-bond donors (Lipinski definition) is 0. The molecule has 0 saturated carbocycles. The molecular formula is C8H6N4. The van der Waals surface area contributed by atoms with Crippen molar-refractivity contribution in [2.24, 2.45) is 0 Å². The summed E-state index contributed by atoms with van der Waals surface area (Å²) < 4.78 is 1.65. The normalized spacial score (nSPS) is 10.0. The number of nitriles is 1. The van der Waals surface area contributed by atoms with Gasteiger partial charge in [0.15, 0.2) is 0 Å². The van der Waals surface area contributed by atoms with Crippen molar-refractivity contribution in [3.8, 4) is 6.07 Å². The molecule has 58 valence electrons. The first kappa shape index (κ1) is 6.80. The molecule has 0 aliphatic rings. The number of nitrogens with zero attached hydrogens (tertiary/aromatic N) is 4. The lowest BCUT2D eigenvalue weighted by atomic mass is 10.2. The van der Waals surface area contributed by atoms with Gasteiger partial charge in [-0.15, -0.1) is 0 Å². The molecule has 0 unspecified atom stereocenters. The molecule has 2 heterocycles. The molecule has 0 radical (unpaired) electrons. The van der Waals surface area contributed by atoms with Gasteiger partial charge in [-0.05, 0) is 12.5 Å². The third kappa shape index (κ3) is 0.768. The smallest absolute Gasteiger partial charge is 0.117 e. The Morgan fingerprint density at radius 2 is 2.33 bits per heavy atom. The van der Waals surface area contributed by atoms with Gasteiger partial charge in [0.25, 0.3) is 0 Å². The molecule has 0 fully saturated rings. The van der Waals surface area contributed by atoms with E-state index in [1.54, 1.807) is 23.2 Å². The molecule has 0 saturated heterocycles. The summed E-state index contributed by atoms with van der Waals surface area (Å²) >= 11 is 0. The van der Waals surface area contributed by atoms with Gasteiger partial charge in [-0.2, -0.15) is 10.4 Å². The van der Waals surface area contributed by atoms with Gasteiger partial charge in [-0.3, -0.25) is 0 Å². The average molecular weight is 158 g/mol. The second-order valence-electron chi connectivity index (χ2n) is 2.52. The summed E-state index contributed by atoms with van der Waals surface area (Å²) in [4.78, 5) is 3.93. The number of rotatable bonds is 0. The summed E-state index contributed by atoms with van der Waals surface area (Å²) in [7, 11) is 0. The fourth-order valence-corrected chi connectivity index (χ4v) is 1.12. The summed E-state index contributed by atoms with van der Waals surface area (Å²) in [5, 5.41) is 12.7. The number of imidazole rings is 1. The fourth-order valence-electron chi connectivity index (χ4n) is 1.12. The van der Waals surface area contributed by atoms with E-state index < -0.39 is 0 Å². The van der Waals surface area contributed by atoms with Crippen LogP contribution in [-0.2, 0) is 0 Å². The number of fused-ring (bicyclic) bond motifs is 1. The van der Waals surface area contributed by atoms with Crippen LogP contribution in [0.15, 0.2) is 18.7 Å². The molecule has 0 N–H and O–H groups in total. The molecule has 4 nitrogen and oxygen atoms in total. The standard InChI is InChI=1S/C8H6N4/c1-6-7(2-9)3-11-12-5-10-4-8(6)12/h3-5H,1H3. The predicted octanol–water partition coefficient (Wildman–Crippen LogP) is 0.909. The first-order chi connectivity index (χ1) is 5.83. The highest BCUT2D eigenvalue weighted by molar-refractivity contribution is 5.57. The average Bonchev–Trinajstić information content (AvgIpc) is 2.53. The molecule has 0 amide bonds. The van der Waals surface area contributed by atoms with Crippen LogP contribution < -0.4 is 0 Å². The Kier molecular flexibility index (Phi) is 1.31. The van der Waals surface area contributed by atoms with Crippen LogP contribution in [0.2, 0.25) is 0 Å². The SMILES string of the molecule is Cc1c(C#N)cnn2cncc12. The monoisotopic (exact) mass is 158 g/mol. The highest BCUT2D eigenvalue weighted by atomic mass is 15.2. The van der Waals surface area contributed by atoms with Crippen LogP contribution in [0.4, 0.5) is 0 Å². The van der Waals surface area contributed by atoms with E-state index in [1.807, 2.05) is 6.92 Å². The van der Waals surface area contributed by atoms with E-state index in [9.17, 15) is 0 Å². The van der Waals surface area contributed by atoms with Gasteiger partial charge in [-0.1, -0.05) is 0 Å². The lowest BCUT2D eigenvalue weighted by Crippen LogP contribution is -1.94. The minimum Gasteiger partial charge on any atom is -0.243 e. The van der Waals surface area contributed by atoms with Gasteiger partial charge in [0.1, 0.15) is 12.4 Å². The van der Waals surface area contributed by atoms with E-state index in [2.05, 4.69) is 16.2 Å². The topological polar surface area (TPSA) is 54.0 Å². The van der Waals surface area contributed by atoms with Gasteiger partial charge in [-0.25, -0.2) is 9.50 Å². The maximum Gasteiger partial charge on any atom is 0.117 e. The van der Waals surface area contributed by atoms with Crippen molar-refractivity contribution in [1.82, 2.24) is 14.6 Å². The molecule has 2 rings (SSSR count). The first-order valence-corrected chi connectivity index (χ1v) is 3.51. The number of aryl methyl sites for hydroxylation is 1. The number of hydrogen-bond acceptors (Lipinski definition) is 3. The maximum absolute atomic E-state index is 8.70. The third-order valence-electron chi connectivity index (χ3n) is 1.84. The van der Waals surface area contributed by atoms with Gasteiger partial charge in [0.05, 0.1) is 23.5 Å². The Morgan fingerprint density at radius 1 is 1.50 bits per heavy atom. The maximum atomic E-state index is 8.70. The van der Waals surface area contributed by atoms with Crippen LogP contribution in [0.25, 0.3) is 5.52 Å². The zero-order chi connectivity index (χ0) is 8.55. The van der Waals surface area contributed by atoms with Crippen LogP contribution in [-0.4, -0.2) is 14.6 Å². The predicted molar refractivity (Wildman–Crippen MR) is 42.4 cm³/mol. The van der Waals surface area contributed by atoms with E-state index >= 15 is 0 Å². The molecule has 12 heavy (non-hydrogen) atoms. The summed E-state index contributed by atoms with van der Waals surface area (Å²) in [6.07, 6.45) is 4.86. The second kappa shape index (κ2) is 2.31. The fraction of sp³-hybridized carbons (Fsp3) is 0.125. The molecule has 2 aromatic rings. The van der Waals surface area contributed by atoms with Gasteiger partial charge in [0, 0.05) is 0 Å². The Morgan fingerprint density at radius 3 is 3.08 bits per heavy atom. The van der Waals surface area contributed by atoms with Crippen LogP contribution in [0.3, 0.4) is 0 Å². The van der Waals surface area contributed by atoms with E-state index in [4.69, 9.17) is 5.26 Å². The van der Waals surface area contributed by atoms with Crippen molar-refractivity contribution in [2.45, 2.75) is 6.92 Å². The molecule has 0 bridgehead atoms. The van der Waals surface area contributed by atoms with Crippen molar-refractivity contribution in [2.75, 3.05) is 0 Å². The zero-order valence-electron chi connectivity index (χ0n) is 6.52. The first-order valence-electron chi connectivity index (χ1n) is 3.51. The van der Waals surface area contributed by atoms with E-state index in [0.29, 0.717) is 5.56 Å². The summed E-state index contributed by atoms with van der Waals surface area (Å²) in [5.74, 6) is 0. The highest BCUT2D eigenvalue weighted by Gasteiger charge is 2.03. The van der Waals surface area contributed by atoms with E-state index in [0.717, 1.165) is 11.1 Å². The molecule has 0 atom stereocenters. The molecule has 0 aliphatic carbocycles. The quantitative estimate of drug-likeness (QED) is 0.572. The third-order valence-corrected chi connectivity index (χ3v) is 1.84. The van der Waals surface area contributed by atoms with Crippen LogP contribution in [0.5, 0.6) is 0 Å². The molecular weight excluding hydrogens is 152 g/mol. The lowest BCUT2D eigenvalue weighted by Gasteiger charge is -1.97. The van der Waals surface area contributed by atoms with Crippen molar-refractivity contribution >= 4 is 5.52 Å². The molecule has 0 spiro atoms. The Balaban J connectivity index is 2.89. The molecule has 4 heteroatoms. The van der Waals surface area contributed by atoms with E-state index in [1.165, 1.54) is 0 Å². The van der Waals surface area contributed by atoms with Crippen LogP contribution in [0.1, 0.15) is 11.1 Å². The molecule has 0 aromatic carbocycles. The van der Waals surface area contributed by atoms with Gasteiger partial charge in [0.2, 0.25) is 0 Å². The Hall–Kier alpha value is -1.89. The van der Waals surface area contributed by atoms with Gasteiger partial charge >= 0.3 is 0 Å². The van der Waals surface area contributed by atoms with Crippen LogP contribution >= 0.6 is 0 Å². The van der Waals surface area contributed by atoms with Crippen molar-refractivity contribution in [3.05, 3.63) is 29.8 Å². The van der Waals surface area contributed by atoms with Crippen molar-refractivity contribution in [3.63, 3.8) is 0 Å². The summed E-state index contributed by atoms with van der Waals surface area (Å²) in [5.41, 5.74) is 2.40. The van der Waals surface area contributed by atoms with E-state index in [-0.39, 0.29) is 0 Å². The molecule has 0 aliphatic heterocycles. The van der Waals surface area contributed by atoms with Crippen molar-refractivity contribution in [1.29, 1.82) is 5.26 Å². The Bertz CT molecular complexity index is 463. The number of aromatic nitrogens is 3. The minimum absolute atomic E-state index is 0.600. The highest BCUT2D eigenvalue weighted by Crippen LogP contribution is 2.11. The Labute approximate surface area is 69.1 Å². The minimum atomic E-state index is 0.600. The zero-order valence-corrected chi connectivity index (χ0v) is 6.52. The summed E-state index contributed by atoms with van der Waals surface area (Å²) in [6, 6.07) is 2.07. The van der Waals surface area contributed by atoms with Crippen LogP contribution in [0, 0.1) is 18.3 Å². The molecule has 2 aromatic heterocycles. The van der Waals surface area contributed by atoms with Crippen molar-refractivity contribution < 1.29 is 0 Å². The summed E-state index contributed by atoms with van der Waals surface area (Å²) in [6.45, 7) is 1.89.